The molecular weight excluding hydrogens is 286 g/mol. The number of carbonyl (C=O) groups is 1. The summed E-state index contributed by atoms with van der Waals surface area (Å²) in [5, 5.41) is 13.8. The van der Waals surface area contributed by atoms with Crippen LogP contribution in [0.4, 0.5) is 5.88 Å². The van der Waals surface area contributed by atoms with Gasteiger partial charge in [-0.2, -0.15) is 0 Å². The number of nitro groups is 1. The van der Waals surface area contributed by atoms with Crippen LogP contribution in [0.25, 0.3) is 0 Å². The number of carbonyl (C=O) groups excluding carboxylic acids is 1. The third-order valence-corrected chi connectivity index (χ3v) is 3.18. The van der Waals surface area contributed by atoms with Gasteiger partial charge in [0.05, 0.1) is 6.07 Å². The predicted octanol–water partition coefficient (Wildman–Crippen LogP) is 1.82. The Morgan fingerprint density at radius 2 is 2.35 bits per heavy atom. The Morgan fingerprint density at radius 1 is 1.60 bits per heavy atom. The van der Waals surface area contributed by atoms with Crippen LogP contribution >= 0.6 is 12.4 Å². The van der Waals surface area contributed by atoms with Crippen molar-refractivity contribution in [2.45, 2.75) is 25.8 Å². The number of nitrogens with one attached hydrogen (secondary N) is 1. The molecule has 1 unspecified atom stereocenters. The zero-order valence-corrected chi connectivity index (χ0v) is 12.0. The highest BCUT2D eigenvalue weighted by molar-refractivity contribution is 5.92. The van der Waals surface area contributed by atoms with Crippen molar-refractivity contribution in [2.24, 2.45) is 0 Å². The number of halogens is 1. The summed E-state index contributed by atoms with van der Waals surface area (Å²) in [5.74, 6) is -0.639. The van der Waals surface area contributed by atoms with Crippen molar-refractivity contribution in [1.29, 1.82) is 0 Å². The number of hydrogen-bond donors (Lipinski definition) is 1. The highest BCUT2D eigenvalue weighted by Gasteiger charge is 2.29. The van der Waals surface area contributed by atoms with Crippen LogP contribution < -0.4 is 5.32 Å². The van der Waals surface area contributed by atoms with Gasteiger partial charge >= 0.3 is 5.88 Å². The van der Waals surface area contributed by atoms with E-state index < -0.39 is 10.8 Å². The molecule has 2 rings (SSSR count). The number of rotatable bonds is 5. The first-order valence-corrected chi connectivity index (χ1v) is 6.39. The van der Waals surface area contributed by atoms with E-state index in [0.29, 0.717) is 6.54 Å². The van der Waals surface area contributed by atoms with Gasteiger partial charge in [0, 0.05) is 19.1 Å². The zero-order chi connectivity index (χ0) is 13.8. The summed E-state index contributed by atoms with van der Waals surface area (Å²) in [6, 6.07) is 2.71. The molecule has 1 fully saturated rings. The molecule has 0 spiro atoms. The van der Waals surface area contributed by atoms with Crippen molar-refractivity contribution < 1.29 is 14.1 Å². The lowest BCUT2D eigenvalue weighted by Gasteiger charge is -2.27. The molecule has 20 heavy (non-hydrogen) atoms. The largest absolute Gasteiger partial charge is 0.433 e. The zero-order valence-electron chi connectivity index (χ0n) is 11.2. The van der Waals surface area contributed by atoms with Gasteiger partial charge in [-0.05, 0) is 25.5 Å². The Balaban J connectivity index is 0.00000200. The quantitative estimate of drug-likeness (QED) is 0.662. The third kappa shape index (κ3) is 3.49. The molecule has 112 valence electrons. The van der Waals surface area contributed by atoms with Crippen LogP contribution in [0.3, 0.4) is 0 Å². The van der Waals surface area contributed by atoms with Crippen molar-refractivity contribution in [3.63, 3.8) is 0 Å². The van der Waals surface area contributed by atoms with Crippen molar-refractivity contribution in [3.05, 3.63) is 28.0 Å². The second-order valence-electron chi connectivity index (χ2n) is 4.54. The fourth-order valence-electron chi connectivity index (χ4n) is 2.28. The Bertz CT molecular complexity index is 471. The summed E-state index contributed by atoms with van der Waals surface area (Å²) in [5.41, 5.74) is 0. The average Bonchev–Trinajstić information content (AvgIpc) is 3.05. The molecule has 1 aliphatic rings. The third-order valence-electron chi connectivity index (χ3n) is 3.18. The monoisotopic (exact) mass is 303 g/mol. The molecule has 1 aromatic heterocycles. The summed E-state index contributed by atoms with van der Waals surface area (Å²) < 4.78 is 4.98. The standard InChI is InChI=1S/C12H17N3O4.ClH/c1-2-7-14(9-5-6-13-8-9)12(16)10-3-4-11(19-10)15(17)18;/h3-4,9,13H,2,5-8H2,1H3;1H. The minimum atomic E-state index is -0.641. The van der Waals surface area contributed by atoms with Gasteiger partial charge in [0.25, 0.3) is 5.91 Å². The summed E-state index contributed by atoms with van der Waals surface area (Å²) in [6.07, 6.45) is 1.74. The van der Waals surface area contributed by atoms with E-state index in [9.17, 15) is 14.9 Å². The summed E-state index contributed by atoms with van der Waals surface area (Å²) in [6.45, 7) is 4.26. The number of nitrogens with zero attached hydrogens (tertiary/aromatic N) is 2. The lowest BCUT2D eigenvalue weighted by molar-refractivity contribution is -0.402. The first kappa shape index (κ1) is 16.5. The van der Waals surface area contributed by atoms with Crippen molar-refractivity contribution in [3.8, 4) is 0 Å². The smallest absolute Gasteiger partial charge is 0.395 e. The number of amides is 1. The summed E-state index contributed by atoms with van der Waals surface area (Å²) in [4.78, 5) is 24.0. The van der Waals surface area contributed by atoms with E-state index in [1.54, 1.807) is 4.90 Å². The van der Waals surface area contributed by atoms with Crippen LogP contribution in [0.2, 0.25) is 0 Å². The van der Waals surface area contributed by atoms with E-state index in [-0.39, 0.29) is 30.1 Å². The Labute approximate surface area is 122 Å². The molecule has 7 nitrogen and oxygen atoms in total. The Morgan fingerprint density at radius 3 is 2.85 bits per heavy atom. The molecule has 0 bridgehead atoms. The van der Waals surface area contributed by atoms with Crippen LogP contribution in [0, 0.1) is 10.1 Å². The van der Waals surface area contributed by atoms with E-state index in [4.69, 9.17) is 4.42 Å². The van der Waals surface area contributed by atoms with Gasteiger partial charge < -0.3 is 14.6 Å². The molecule has 1 aromatic rings. The Hall–Kier alpha value is -1.60. The van der Waals surface area contributed by atoms with Crippen LogP contribution in [0.15, 0.2) is 16.5 Å². The van der Waals surface area contributed by atoms with Gasteiger partial charge in [0.1, 0.15) is 4.92 Å². The normalized spacial score (nSPS) is 17.6. The molecular formula is C12H18ClN3O4. The highest BCUT2D eigenvalue weighted by Crippen LogP contribution is 2.19. The van der Waals surface area contributed by atoms with E-state index in [1.807, 2.05) is 6.92 Å². The van der Waals surface area contributed by atoms with E-state index in [2.05, 4.69) is 5.32 Å². The molecule has 0 aromatic carbocycles. The molecule has 0 aliphatic carbocycles. The maximum Gasteiger partial charge on any atom is 0.433 e. The second-order valence-corrected chi connectivity index (χ2v) is 4.54. The van der Waals surface area contributed by atoms with Gasteiger partial charge in [-0.15, -0.1) is 12.4 Å². The fraction of sp³-hybridized carbons (Fsp3) is 0.583. The summed E-state index contributed by atoms with van der Waals surface area (Å²) >= 11 is 0. The van der Waals surface area contributed by atoms with Crippen LogP contribution in [-0.4, -0.2) is 41.4 Å². The lowest BCUT2D eigenvalue weighted by Crippen LogP contribution is -2.41. The minimum Gasteiger partial charge on any atom is -0.395 e. The topological polar surface area (TPSA) is 88.6 Å². The van der Waals surface area contributed by atoms with Crippen molar-refractivity contribution >= 4 is 24.2 Å². The van der Waals surface area contributed by atoms with E-state index >= 15 is 0 Å². The second kappa shape index (κ2) is 7.25. The first-order chi connectivity index (χ1) is 9.13. The lowest BCUT2D eigenvalue weighted by atomic mass is 10.2. The van der Waals surface area contributed by atoms with Crippen LogP contribution in [0.1, 0.15) is 30.3 Å². The van der Waals surface area contributed by atoms with Crippen molar-refractivity contribution in [2.75, 3.05) is 19.6 Å². The maximum atomic E-state index is 12.3. The molecule has 1 N–H and O–H groups in total. The SMILES string of the molecule is CCCN(C(=O)c1ccc([N+](=O)[O-])o1)C1CCNC1.Cl. The average molecular weight is 304 g/mol. The van der Waals surface area contributed by atoms with Crippen LogP contribution in [-0.2, 0) is 0 Å². The number of furan rings is 1. The molecule has 0 radical (unpaired) electrons. The van der Waals surface area contributed by atoms with E-state index in [0.717, 1.165) is 25.9 Å². The number of hydrogen-bond acceptors (Lipinski definition) is 5. The fourth-order valence-corrected chi connectivity index (χ4v) is 2.28. The van der Waals surface area contributed by atoms with Gasteiger partial charge in [-0.3, -0.25) is 14.9 Å². The molecule has 0 saturated carbocycles. The highest BCUT2D eigenvalue weighted by atomic mass is 35.5. The van der Waals surface area contributed by atoms with Crippen molar-refractivity contribution in [1.82, 2.24) is 10.2 Å². The molecule has 2 heterocycles. The minimum absolute atomic E-state index is 0. The summed E-state index contributed by atoms with van der Waals surface area (Å²) in [7, 11) is 0. The van der Waals surface area contributed by atoms with Gasteiger partial charge in [0.2, 0.25) is 0 Å². The molecule has 1 aliphatic heterocycles. The molecule has 8 heteroatoms. The van der Waals surface area contributed by atoms with Gasteiger partial charge in [-0.25, -0.2) is 0 Å². The molecule has 1 amide bonds. The molecule has 1 saturated heterocycles. The van der Waals surface area contributed by atoms with Crippen LogP contribution in [0.5, 0.6) is 0 Å². The van der Waals surface area contributed by atoms with Gasteiger partial charge in [0.15, 0.2) is 5.76 Å². The first-order valence-electron chi connectivity index (χ1n) is 6.39. The maximum absolute atomic E-state index is 12.3. The van der Waals surface area contributed by atoms with Gasteiger partial charge in [-0.1, -0.05) is 6.92 Å². The Kier molecular flexibility index (Phi) is 5.97. The molecule has 1 atom stereocenters. The predicted molar refractivity (Wildman–Crippen MR) is 75.2 cm³/mol. The van der Waals surface area contributed by atoms with E-state index in [1.165, 1.54) is 12.1 Å².